The van der Waals surface area contributed by atoms with Gasteiger partial charge in [0.2, 0.25) is 11.8 Å². The second-order valence-electron chi connectivity index (χ2n) is 9.58. The highest BCUT2D eigenvalue weighted by molar-refractivity contribution is 6.68. The van der Waals surface area contributed by atoms with Crippen LogP contribution in [0.3, 0.4) is 0 Å². The number of nitriles is 1. The number of methoxy groups -OCH3 is 1. The van der Waals surface area contributed by atoms with E-state index in [9.17, 15) is 5.26 Å². The molecule has 1 saturated heterocycles. The van der Waals surface area contributed by atoms with E-state index in [0.717, 1.165) is 65.4 Å². The molecule has 1 aliphatic carbocycles. The Balaban J connectivity index is 1.22. The lowest BCUT2D eigenvalue weighted by atomic mass is 9.39. The van der Waals surface area contributed by atoms with Crippen LogP contribution in [-0.2, 0) is 6.61 Å². The molecule has 2 aliphatic heterocycles. The molecule has 170 valence electrons. The molecule has 6 rings (SSSR count). The average Bonchev–Trinajstić information content (AvgIpc) is 3.59. The SMILES string of the molecule is COc1cc(-c2ccc3c(c2)COc2nc(N4CCC(B(C#N)CC5CC5)C4)ccc2-3)cnn1. The monoisotopic (exact) mass is 451 g/mol. The van der Waals surface area contributed by atoms with Gasteiger partial charge in [0.15, 0.2) is 0 Å². The summed E-state index contributed by atoms with van der Waals surface area (Å²) in [5, 5.41) is 17.7. The molecular formula is C26H26BN5O2. The minimum atomic E-state index is 0.169. The number of hydrogen-bond donors (Lipinski definition) is 0. The van der Waals surface area contributed by atoms with E-state index < -0.39 is 0 Å². The van der Waals surface area contributed by atoms with Crippen molar-refractivity contribution in [1.29, 1.82) is 5.26 Å². The van der Waals surface area contributed by atoms with Gasteiger partial charge in [-0.05, 0) is 53.0 Å². The van der Waals surface area contributed by atoms with E-state index in [0.29, 0.717) is 24.2 Å². The van der Waals surface area contributed by atoms with Gasteiger partial charge in [0.1, 0.15) is 12.4 Å². The standard InChI is InChI=1S/C26H26BN5O2/c1-33-25-11-19(13-29-31-25)18-4-5-22-20(10-18)15-34-26-23(22)6-7-24(30-26)32-9-8-21(14-32)27(16-28)12-17-2-3-17/h4-7,10-11,13,17,21H,2-3,8-9,12,14-15H2,1H3. The summed E-state index contributed by atoms with van der Waals surface area (Å²) in [5.41, 5.74) is 5.28. The predicted molar refractivity (Wildman–Crippen MR) is 131 cm³/mol. The topological polar surface area (TPSA) is 84.2 Å². The first-order valence-corrected chi connectivity index (χ1v) is 12.0. The van der Waals surface area contributed by atoms with Gasteiger partial charge in [-0.1, -0.05) is 31.3 Å². The Bertz CT molecular complexity index is 1270. The predicted octanol–water partition coefficient (Wildman–Crippen LogP) is 4.65. The van der Waals surface area contributed by atoms with E-state index in [-0.39, 0.29) is 6.71 Å². The van der Waals surface area contributed by atoms with Crippen LogP contribution in [0.5, 0.6) is 11.8 Å². The van der Waals surface area contributed by atoms with Crippen LogP contribution in [0.25, 0.3) is 22.3 Å². The van der Waals surface area contributed by atoms with E-state index in [1.807, 2.05) is 6.07 Å². The number of aromatic nitrogens is 3. The van der Waals surface area contributed by atoms with Crippen LogP contribution in [-0.4, -0.2) is 42.1 Å². The van der Waals surface area contributed by atoms with Gasteiger partial charge in [-0.15, -0.1) is 5.10 Å². The molecule has 0 bridgehead atoms. The lowest BCUT2D eigenvalue weighted by Crippen LogP contribution is -2.25. The number of benzene rings is 1. The Kier molecular flexibility index (Phi) is 5.33. The van der Waals surface area contributed by atoms with Crippen LogP contribution in [0.4, 0.5) is 5.82 Å². The minimum Gasteiger partial charge on any atom is -0.480 e. The average molecular weight is 451 g/mol. The maximum Gasteiger partial charge on any atom is 0.273 e. The Morgan fingerprint density at radius 2 is 2.03 bits per heavy atom. The molecule has 2 fully saturated rings. The van der Waals surface area contributed by atoms with Gasteiger partial charge in [-0.2, -0.15) is 10.1 Å². The summed E-state index contributed by atoms with van der Waals surface area (Å²) < 4.78 is 11.3. The van der Waals surface area contributed by atoms with Crippen molar-refractivity contribution in [3.63, 3.8) is 0 Å². The van der Waals surface area contributed by atoms with Gasteiger partial charge in [0, 0.05) is 36.3 Å². The zero-order chi connectivity index (χ0) is 23.1. The van der Waals surface area contributed by atoms with Gasteiger partial charge in [-0.25, -0.2) is 5.26 Å². The van der Waals surface area contributed by atoms with Gasteiger partial charge in [-0.3, -0.25) is 0 Å². The van der Waals surface area contributed by atoms with Gasteiger partial charge >= 0.3 is 0 Å². The molecule has 0 amide bonds. The molecule has 3 aromatic rings. The first-order chi connectivity index (χ1) is 16.7. The molecule has 2 aromatic heterocycles. The zero-order valence-electron chi connectivity index (χ0n) is 19.3. The number of pyridine rings is 1. The van der Waals surface area contributed by atoms with Crippen LogP contribution >= 0.6 is 0 Å². The van der Waals surface area contributed by atoms with Crippen molar-refractivity contribution in [3.05, 3.63) is 48.2 Å². The van der Waals surface area contributed by atoms with Crippen LogP contribution in [0.15, 0.2) is 42.6 Å². The fraction of sp³-hybridized carbons (Fsp3) is 0.385. The summed E-state index contributed by atoms with van der Waals surface area (Å²) in [7, 11) is 1.59. The zero-order valence-corrected chi connectivity index (χ0v) is 19.3. The van der Waals surface area contributed by atoms with Crippen molar-refractivity contribution in [2.24, 2.45) is 5.92 Å². The summed E-state index contributed by atoms with van der Waals surface area (Å²) in [4.78, 5) is 7.19. The van der Waals surface area contributed by atoms with E-state index in [1.54, 1.807) is 13.3 Å². The fourth-order valence-electron chi connectivity index (χ4n) is 5.22. The molecule has 0 N–H and O–H groups in total. The molecule has 0 spiro atoms. The van der Waals surface area contributed by atoms with Crippen molar-refractivity contribution >= 4 is 12.5 Å². The first kappa shape index (κ1) is 21.0. The normalized spacial score (nSPS) is 18.5. The smallest absolute Gasteiger partial charge is 0.273 e. The van der Waals surface area contributed by atoms with Crippen molar-refractivity contribution in [3.8, 4) is 40.0 Å². The summed E-state index contributed by atoms with van der Waals surface area (Å²) in [6, 6.07) is 12.4. The Hall–Kier alpha value is -3.60. The summed E-state index contributed by atoms with van der Waals surface area (Å²) in [6.07, 6.45) is 6.46. The molecule has 7 nitrogen and oxygen atoms in total. The highest BCUT2D eigenvalue weighted by Gasteiger charge is 2.37. The number of ether oxygens (including phenoxy) is 2. The van der Waals surface area contributed by atoms with Crippen LogP contribution in [0, 0.1) is 17.1 Å². The third-order valence-corrected chi connectivity index (χ3v) is 7.35. The van der Waals surface area contributed by atoms with Crippen molar-refractivity contribution in [1.82, 2.24) is 15.2 Å². The molecule has 1 atom stereocenters. The maximum atomic E-state index is 9.67. The van der Waals surface area contributed by atoms with E-state index in [1.165, 1.54) is 12.8 Å². The van der Waals surface area contributed by atoms with E-state index in [4.69, 9.17) is 14.5 Å². The quantitative estimate of drug-likeness (QED) is 0.504. The van der Waals surface area contributed by atoms with Gasteiger partial charge in [0.25, 0.3) is 6.71 Å². The molecule has 8 heteroatoms. The molecule has 34 heavy (non-hydrogen) atoms. The number of fused-ring (bicyclic) bond motifs is 3. The Morgan fingerprint density at radius 3 is 2.85 bits per heavy atom. The largest absolute Gasteiger partial charge is 0.480 e. The summed E-state index contributed by atoms with van der Waals surface area (Å²) in [5.74, 6) is 5.92. The molecular weight excluding hydrogens is 425 g/mol. The molecule has 3 aliphatic rings. The Morgan fingerprint density at radius 1 is 1.15 bits per heavy atom. The summed E-state index contributed by atoms with van der Waals surface area (Å²) >= 11 is 0. The van der Waals surface area contributed by atoms with Crippen LogP contribution in [0.1, 0.15) is 24.8 Å². The minimum absolute atomic E-state index is 0.169. The van der Waals surface area contributed by atoms with Gasteiger partial charge < -0.3 is 14.4 Å². The molecule has 1 saturated carbocycles. The molecule has 1 unspecified atom stereocenters. The number of nitrogens with zero attached hydrogens (tertiary/aromatic N) is 5. The van der Waals surface area contributed by atoms with Crippen LogP contribution < -0.4 is 14.4 Å². The molecule has 0 radical (unpaired) electrons. The highest BCUT2D eigenvalue weighted by Crippen LogP contribution is 2.41. The fourth-order valence-corrected chi connectivity index (χ4v) is 5.22. The van der Waals surface area contributed by atoms with E-state index in [2.05, 4.69) is 51.4 Å². The number of rotatable bonds is 6. The molecule has 1 aromatic carbocycles. The van der Waals surface area contributed by atoms with Crippen LogP contribution in [0.2, 0.25) is 12.1 Å². The lowest BCUT2D eigenvalue weighted by Gasteiger charge is -2.24. The number of hydrogen-bond acceptors (Lipinski definition) is 7. The first-order valence-electron chi connectivity index (χ1n) is 12.0. The van der Waals surface area contributed by atoms with Crippen molar-refractivity contribution in [2.75, 3.05) is 25.1 Å². The highest BCUT2D eigenvalue weighted by atomic mass is 16.5. The third kappa shape index (κ3) is 3.96. The Labute approximate surface area is 199 Å². The van der Waals surface area contributed by atoms with Crippen molar-refractivity contribution in [2.45, 2.75) is 38.0 Å². The lowest BCUT2D eigenvalue weighted by molar-refractivity contribution is 0.290. The van der Waals surface area contributed by atoms with Crippen molar-refractivity contribution < 1.29 is 9.47 Å². The summed E-state index contributed by atoms with van der Waals surface area (Å²) in [6.45, 7) is 2.49. The van der Waals surface area contributed by atoms with E-state index >= 15 is 0 Å². The third-order valence-electron chi connectivity index (χ3n) is 7.35. The molecule has 4 heterocycles. The second-order valence-corrected chi connectivity index (χ2v) is 9.58. The maximum absolute atomic E-state index is 9.67. The number of anilines is 1. The second kappa shape index (κ2) is 8.64. The van der Waals surface area contributed by atoms with Gasteiger partial charge in [0.05, 0.1) is 13.3 Å².